The minimum Gasteiger partial charge on any atom is -0.490 e. The fraction of sp³-hybridized carbons (Fsp3) is 0.182. The molecule has 0 spiro atoms. The van der Waals surface area contributed by atoms with Gasteiger partial charge in [0.15, 0.2) is 11.5 Å². The lowest BCUT2D eigenvalue weighted by atomic mass is 10.1. The zero-order chi connectivity index (χ0) is 24.0. The highest BCUT2D eigenvalue weighted by molar-refractivity contribution is 7.80. The second-order valence-corrected chi connectivity index (χ2v) is 7.28. The lowest BCUT2D eigenvalue weighted by molar-refractivity contribution is -0.137. The van der Waals surface area contributed by atoms with Gasteiger partial charge in [0.25, 0.3) is 5.91 Å². The molecule has 0 bridgehead atoms. The number of nitrogens with zero attached hydrogens (tertiary/aromatic N) is 1. The normalized spacial score (nSPS) is 11.2. The third kappa shape index (κ3) is 6.59. The quantitative estimate of drug-likeness (QED) is 0.231. The average Bonchev–Trinajstić information content (AvgIpc) is 2.75. The van der Waals surface area contributed by atoms with Gasteiger partial charge in [-0.1, -0.05) is 6.07 Å². The van der Waals surface area contributed by atoms with E-state index in [1.165, 1.54) is 12.1 Å². The van der Waals surface area contributed by atoms with Crippen molar-refractivity contribution in [1.29, 1.82) is 0 Å². The summed E-state index contributed by atoms with van der Waals surface area (Å²) < 4.78 is 64.5. The lowest BCUT2D eigenvalue weighted by Gasteiger charge is -2.16. The van der Waals surface area contributed by atoms with Gasteiger partial charge in [-0.2, -0.15) is 13.2 Å². The Kier molecular flexibility index (Phi) is 7.77. The van der Waals surface area contributed by atoms with Crippen LogP contribution in [0, 0.1) is 5.82 Å². The van der Waals surface area contributed by atoms with E-state index in [0.29, 0.717) is 35.8 Å². The number of halogens is 4. The van der Waals surface area contributed by atoms with E-state index in [1.54, 1.807) is 18.2 Å². The molecule has 1 amide bonds. The Bertz CT molecular complexity index is 1140. The Hall–Kier alpha value is -3.31. The van der Waals surface area contributed by atoms with Crippen molar-refractivity contribution in [3.63, 3.8) is 0 Å². The molecule has 6 nitrogen and oxygen atoms in total. The van der Waals surface area contributed by atoms with Crippen LogP contribution < -0.4 is 20.5 Å². The predicted molar refractivity (Wildman–Crippen MR) is 117 cm³/mol. The van der Waals surface area contributed by atoms with Crippen LogP contribution in [0.25, 0.3) is 0 Å². The molecule has 3 N–H and O–H groups in total. The van der Waals surface area contributed by atoms with Crippen molar-refractivity contribution in [1.82, 2.24) is 4.98 Å². The number of nitrogens with two attached hydrogens (primary N) is 1. The Labute approximate surface area is 192 Å². The second kappa shape index (κ2) is 10.5. The number of ether oxygens (including phenoxy) is 2. The number of nitrogens with one attached hydrogen (secondary N) is 1. The summed E-state index contributed by atoms with van der Waals surface area (Å²) in [6, 6.07) is 10.3. The van der Waals surface area contributed by atoms with E-state index in [0.717, 1.165) is 12.1 Å². The smallest absolute Gasteiger partial charge is 0.417 e. The standard InChI is InChI=1S/C22H19F4N3O3S/c23-14-5-6-18(19(10-14)31-8-2-7-27)32-21-17(9-13(12-28-21)22(24,25)26)20(30)29-15-3-1-4-16(33)11-15/h1,3-6,9-12,33H,2,7-8,27H2,(H,29,30). The van der Waals surface area contributed by atoms with Gasteiger partial charge in [-0.15, -0.1) is 12.6 Å². The second-order valence-electron chi connectivity index (χ2n) is 6.76. The third-order valence-corrected chi connectivity index (χ3v) is 4.52. The highest BCUT2D eigenvalue weighted by atomic mass is 32.1. The van der Waals surface area contributed by atoms with Gasteiger partial charge in [0.1, 0.15) is 11.4 Å². The van der Waals surface area contributed by atoms with Crippen molar-refractivity contribution in [3.8, 4) is 17.4 Å². The van der Waals surface area contributed by atoms with Gasteiger partial charge < -0.3 is 20.5 Å². The molecule has 3 rings (SSSR count). The van der Waals surface area contributed by atoms with Gasteiger partial charge >= 0.3 is 6.18 Å². The molecule has 0 aliphatic carbocycles. The molecule has 174 valence electrons. The van der Waals surface area contributed by atoms with Crippen molar-refractivity contribution in [2.75, 3.05) is 18.5 Å². The Balaban J connectivity index is 1.97. The summed E-state index contributed by atoms with van der Waals surface area (Å²) in [7, 11) is 0. The molecule has 0 fully saturated rings. The summed E-state index contributed by atoms with van der Waals surface area (Å²) in [6.45, 7) is 0.494. The van der Waals surface area contributed by atoms with Crippen molar-refractivity contribution in [2.45, 2.75) is 17.5 Å². The zero-order valence-corrected chi connectivity index (χ0v) is 17.9. The minimum atomic E-state index is -4.74. The Morgan fingerprint density at radius 2 is 1.91 bits per heavy atom. The third-order valence-electron chi connectivity index (χ3n) is 4.25. The van der Waals surface area contributed by atoms with Crippen molar-refractivity contribution in [2.24, 2.45) is 5.73 Å². The van der Waals surface area contributed by atoms with Gasteiger partial charge in [0.05, 0.1) is 12.2 Å². The molecule has 0 aliphatic rings. The van der Waals surface area contributed by atoms with Crippen LogP contribution in [0.3, 0.4) is 0 Å². The molecular formula is C22H19F4N3O3S. The van der Waals surface area contributed by atoms with Crippen molar-refractivity contribution >= 4 is 24.2 Å². The maximum Gasteiger partial charge on any atom is 0.417 e. The van der Waals surface area contributed by atoms with Crippen LogP contribution in [-0.2, 0) is 6.18 Å². The number of thiol groups is 1. The molecule has 0 aliphatic heterocycles. The molecule has 2 aromatic carbocycles. The largest absolute Gasteiger partial charge is 0.490 e. The molecule has 11 heteroatoms. The van der Waals surface area contributed by atoms with Gasteiger partial charge in [0.2, 0.25) is 5.88 Å². The number of aromatic nitrogens is 1. The fourth-order valence-corrected chi connectivity index (χ4v) is 2.91. The summed E-state index contributed by atoms with van der Waals surface area (Å²) in [5.74, 6) is -1.98. The molecule has 1 heterocycles. The molecule has 33 heavy (non-hydrogen) atoms. The van der Waals surface area contributed by atoms with E-state index in [-0.39, 0.29) is 18.1 Å². The maximum atomic E-state index is 13.7. The number of carbonyl (C=O) groups is 1. The molecule has 1 aromatic heterocycles. The van der Waals surface area contributed by atoms with Crippen molar-refractivity contribution in [3.05, 3.63) is 71.7 Å². The average molecular weight is 481 g/mol. The van der Waals surface area contributed by atoms with Crippen LogP contribution in [0.1, 0.15) is 22.3 Å². The zero-order valence-electron chi connectivity index (χ0n) is 17.0. The summed E-state index contributed by atoms with van der Waals surface area (Å²) in [5, 5.41) is 2.49. The van der Waals surface area contributed by atoms with Gasteiger partial charge in [-0.05, 0) is 49.4 Å². The first kappa shape index (κ1) is 24.3. The van der Waals surface area contributed by atoms with Crippen LogP contribution in [0.5, 0.6) is 17.4 Å². The summed E-state index contributed by atoms with van der Waals surface area (Å²) >= 11 is 4.17. The van der Waals surface area contributed by atoms with E-state index < -0.39 is 34.9 Å². The van der Waals surface area contributed by atoms with Gasteiger partial charge in [0, 0.05) is 22.8 Å². The first-order valence-corrected chi connectivity index (χ1v) is 10.1. The summed E-state index contributed by atoms with van der Waals surface area (Å²) in [4.78, 5) is 17.1. The molecule has 0 saturated heterocycles. The van der Waals surface area contributed by atoms with Crippen LogP contribution >= 0.6 is 12.6 Å². The Morgan fingerprint density at radius 1 is 1.12 bits per heavy atom. The van der Waals surface area contributed by atoms with Crippen molar-refractivity contribution < 1.29 is 31.8 Å². The van der Waals surface area contributed by atoms with E-state index in [9.17, 15) is 22.4 Å². The number of rotatable bonds is 8. The molecule has 3 aromatic rings. The highest BCUT2D eigenvalue weighted by Gasteiger charge is 2.33. The van der Waals surface area contributed by atoms with E-state index in [2.05, 4.69) is 22.9 Å². The van der Waals surface area contributed by atoms with Crippen LogP contribution in [0.4, 0.5) is 23.2 Å². The fourth-order valence-electron chi connectivity index (χ4n) is 2.68. The number of pyridine rings is 1. The molecular weight excluding hydrogens is 462 g/mol. The number of carbonyl (C=O) groups excluding carboxylic acids is 1. The lowest BCUT2D eigenvalue weighted by Crippen LogP contribution is -2.16. The minimum absolute atomic E-state index is 0.0146. The number of hydrogen-bond acceptors (Lipinski definition) is 6. The van der Waals surface area contributed by atoms with Crippen LogP contribution in [0.2, 0.25) is 0 Å². The Morgan fingerprint density at radius 3 is 2.61 bits per heavy atom. The van der Waals surface area contributed by atoms with Crippen LogP contribution in [0.15, 0.2) is 59.6 Å². The maximum absolute atomic E-state index is 13.7. The van der Waals surface area contributed by atoms with Crippen LogP contribution in [-0.4, -0.2) is 24.0 Å². The number of alkyl halides is 3. The summed E-state index contributed by atoms with van der Waals surface area (Å²) in [5.41, 5.74) is 4.11. The first-order valence-electron chi connectivity index (χ1n) is 9.65. The van der Waals surface area contributed by atoms with E-state index >= 15 is 0 Å². The SMILES string of the molecule is NCCCOc1cc(F)ccc1Oc1ncc(C(F)(F)F)cc1C(=O)Nc1cccc(S)c1. The highest BCUT2D eigenvalue weighted by Crippen LogP contribution is 2.36. The molecule has 0 radical (unpaired) electrons. The molecule has 0 saturated carbocycles. The first-order chi connectivity index (χ1) is 15.7. The number of amides is 1. The predicted octanol–water partition coefficient (Wildman–Crippen LogP) is 5.30. The monoisotopic (exact) mass is 481 g/mol. The van der Waals surface area contributed by atoms with Gasteiger partial charge in [-0.3, -0.25) is 4.79 Å². The molecule has 0 unspecified atom stereocenters. The number of anilines is 1. The van der Waals surface area contributed by atoms with Gasteiger partial charge in [-0.25, -0.2) is 9.37 Å². The molecule has 0 atom stereocenters. The number of hydrogen-bond donors (Lipinski definition) is 3. The van der Waals surface area contributed by atoms with E-state index in [1.807, 2.05) is 0 Å². The van der Waals surface area contributed by atoms with E-state index in [4.69, 9.17) is 15.2 Å². The topological polar surface area (TPSA) is 86.5 Å². The number of benzene rings is 2. The summed E-state index contributed by atoms with van der Waals surface area (Å²) in [6.07, 6.45) is -3.72.